The molecule has 2 heteroatoms. The fraction of sp³-hybridized carbons (Fsp3) is 1.00. The first-order valence-electron chi connectivity index (χ1n) is 6.02. The second-order valence-electron chi connectivity index (χ2n) is 5.04. The summed E-state index contributed by atoms with van der Waals surface area (Å²) in [5.74, 6) is 1.66. The van der Waals surface area contributed by atoms with E-state index in [2.05, 4.69) is 26.1 Å². The number of aliphatic hydroxyl groups is 1. The van der Waals surface area contributed by atoms with Crippen LogP contribution in [0.2, 0.25) is 0 Å². The van der Waals surface area contributed by atoms with Crippen LogP contribution < -0.4 is 5.32 Å². The molecule has 0 aromatic rings. The van der Waals surface area contributed by atoms with Gasteiger partial charge in [0.15, 0.2) is 0 Å². The predicted molar refractivity (Wildman–Crippen MR) is 60.3 cm³/mol. The Hall–Kier alpha value is -0.0800. The molecule has 0 aromatic carbocycles. The number of hydrogen-bond donors (Lipinski definition) is 2. The van der Waals surface area contributed by atoms with E-state index in [0.717, 1.165) is 24.7 Å². The molecule has 0 radical (unpaired) electrons. The molecule has 14 heavy (non-hydrogen) atoms. The predicted octanol–water partition coefficient (Wildman–Crippen LogP) is 2.17. The standard InChI is InChI=1S/C12H25NO/c1-9(2)12(11-6-7-11)13-10(3)5-4-8-14/h9-14H,4-8H2,1-3H3. The summed E-state index contributed by atoms with van der Waals surface area (Å²) in [6, 6.07) is 1.25. The molecule has 1 aliphatic rings. The van der Waals surface area contributed by atoms with E-state index in [1.54, 1.807) is 0 Å². The van der Waals surface area contributed by atoms with Gasteiger partial charge in [0.1, 0.15) is 0 Å². The molecule has 0 saturated heterocycles. The number of nitrogens with one attached hydrogen (secondary N) is 1. The molecular formula is C12H25NO. The minimum atomic E-state index is 0.321. The lowest BCUT2D eigenvalue weighted by molar-refractivity contribution is 0.263. The van der Waals surface area contributed by atoms with Crippen LogP contribution in [-0.4, -0.2) is 23.8 Å². The van der Waals surface area contributed by atoms with Gasteiger partial charge >= 0.3 is 0 Å². The third-order valence-electron chi connectivity index (χ3n) is 3.12. The first-order chi connectivity index (χ1) is 6.65. The molecule has 1 saturated carbocycles. The zero-order chi connectivity index (χ0) is 10.6. The maximum Gasteiger partial charge on any atom is 0.0431 e. The van der Waals surface area contributed by atoms with E-state index in [-0.39, 0.29) is 0 Å². The Bertz CT molecular complexity index is 152. The Morgan fingerprint density at radius 2 is 1.93 bits per heavy atom. The highest BCUT2D eigenvalue weighted by Crippen LogP contribution is 2.35. The summed E-state index contributed by atoms with van der Waals surface area (Å²) in [6.45, 7) is 7.15. The lowest BCUT2D eigenvalue weighted by Gasteiger charge is -2.26. The van der Waals surface area contributed by atoms with Crippen molar-refractivity contribution in [3.05, 3.63) is 0 Å². The summed E-state index contributed by atoms with van der Waals surface area (Å²) in [4.78, 5) is 0. The van der Waals surface area contributed by atoms with E-state index in [1.807, 2.05) is 0 Å². The lowest BCUT2D eigenvalue weighted by Crippen LogP contribution is -2.41. The smallest absolute Gasteiger partial charge is 0.0431 e. The van der Waals surface area contributed by atoms with Crippen LogP contribution in [0, 0.1) is 11.8 Å². The van der Waals surface area contributed by atoms with Gasteiger partial charge in [0, 0.05) is 18.7 Å². The summed E-state index contributed by atoms with van der Waals surface area (Å²) in [5.41, 5.74) is 0. The molecule has 1 fully saturated rings. The van der Waals surface area contributed by atoms with E-state index < -0.39 is 0 Å². The third kappa shape index (κ3) is 3.97. The third-order valence-corrected chi connectivity index (χ3v) is 3.12. The van der Waals surface area contributed by atoms with Crippen LogP contribution in [-0.2, 0) is 0 Å². The molecule has 1 aliphatic carbocycles. The second kappa shape index (κ2) is 5.72. The van der Waals surface area contributed by atoms with E-state index >= 15 is 0 Å². The van der Waals surface area contributed by atoms with E-state index in [1.165, 1.54) is 12.8 Å². The molecule has 2 N–H and O–H groups in total. The van der Waals surface area contributed by atoms with Gasteiger partial charge in [-0.3, -0.25) is 0 Å². The van der Waals surface area contributed by atoms with Gasteiger partial charge in [-0.25, -0.2) is 0 Å². The fourth-order valence-corrected chi connectivity index (χ4v) is 2.14. The first-order valence-corrected chi connectivity index (χ1v) is 6.02. The van der Waals surface area contributed by atoms with E-state index in [4.69, 9.17) is 5.11 Å². The van der Waals surface area contributed by atoms with Gasteiger partial charge in [-0.1, -0.05) is 13.8 Å². The van der Waals surface area contributed by atoms with Crippen LogP contribution in [0.3, 0.4) is 0 Å². The summed E-state index contributed by atoms with van der Waals surface area (Å²) < 4.78 is 0. The van der Waals surface area contributed by atoms with Crippen molar-refractivity contribution in [3.63, 3.8) is 0 Å². The Labute approximate surface area is 88.1 Å². The van der Waals surface area contributed by atoms with Crippen LogP contribution in [0.1, 0.15) is 46.5 Å². The van der Waals surface area contributed by atoms with Crippen LogP contribution in [0.4, 0.5) is 0 Å². The van der Waals surface area contributed by atoms with Crippen LogP contribution in [0.5, 0.6) is 0 Å². The summed E-state index contributed by atoms with van der Waals surface area (Å²) >= 11 is 0. The molecule has 2 nitrogen and oxygen atoms in total. The minimum absolute atomic E-state index is 0.321. The van der Waals surface area contributed by atoms with Gasteiger partial charge < -0.3 is 10.4 Å². The van der Waals surface area contributed by atoms with Gasteiger partial charge in [0.2, 0.25) is 0 Å². The largest absolute Gasteiger partial charge is 0.396 e. The van der Waals surface area contributed by atoms with Crippen molar-refractivity contribution >= 4 is 0 Å². The number of aliphatic hydroxyl groups excluding tert-OH is 1. The molecule has 0 amide bonds. The molecule has 0 heterocycles. The average Bonchev–Trinajstić information content (AvgIpc) is 2.93. The topological polar surface area (TPSA) is 32.3 Å². The molecule has 0 aliphatic heterocycles. The van der Waals surface area contributed by atoms with Gasteiger partial charge in [0.05, 0.1) is 0 Å². The molecule has 1 rings (SSSR count). The van der Waals surface area contributed by atoms with Crippen LogP contribution in [0.15, 0.2) is 0 Å². The van der Waals surface area contributed by atoms with Crippen molar-refractivity contribution in [2.45, 2.75) is 58.5 Å². The monoisotopic (exact) mass is 199 g/mol. The first kappa shape index (κ1) is 12.0. The molecular weight excluding hydrogens is 174 g/mol. The zero-order valence-electron chi connectivity index (χ0n) is 9.79. The Balaban J connectivity index is 2.23. The fourth-order valence-electron chi connectivity index (χ4n) is 2.14. The molecule has 2 unspecified atom stereocenters. The van der Waals surface area contributed by atoms with E-state index in [9.17, 15) is 0 Å². The van der Waals surface area contributed by atoms with Gasteiger partial charge in [-0.15, -0.1) is 0 Å². The molecule has 0 aromatic heterocycles. The van der Waals surface area contributed by atoms with Gasteiger partial charge in [0.25, 0.3) is 0 Å². The zero-order valence-corrected chi connectivity index (χ0v) is 9.79. The van der Waals surface area contributed by atoms with Crippen molar-refractivity contribution in [2.75, 3.05) is 6.61 Å². The van der Waals surface area contributed by atoms with Crippen LogP contribution in [0.25, 0.3) is 0 Å². The summed E-state index contributed by atoms with van der Waals surface area (Å²) in [7, 11) is 0. The number of rotatable bonds is 7. The van der Waals surface area contributed by atoms with Gasteiger partial charge in [-0.05, 0) is 44.4 Å². The Kier molecular flexibility index (Phi) is 4.90. The van der Waals surface area contributed by atoms with E-state index in [0.29, 0.717) is 18.7 Å². The maximum atomic E-state index is 8.75. The normalized spacial score (nSPS) is 21.2. The summed E-state index contributed by atoms with van der Waals surface area (Å²) in [5, 5.41) is 12.5. The average molecular weight is 199 g/mol. The molecule has 0 bridgehead atoms. The summed E-state index contributed by atoms with van der Waals surface area (Å²) in [6.07, 6.45) is 4.82. The van der Waals surface area contributed by atoms with Gasteiger partial charge in [-0.2, -0.15) is 0 Å². The van der Waals surface area contributed by atoms with Crippen molar-refractivity contribution in [1.29, 1.82) is 0 Å². The second-order valence-corrected chi connectivity index (χ2v) is 5.04. The molecule has 0 spiro atoms. The number of hydrogen-bond acceptors (Lipinski definition) is 2. The molecule has 2 atom stereocenters. The van der Waals surface area contributed by atoms with Crippen molar-refractivity contribution < 1.29 is 5.11 Å². The molecule has 84 valence electrons. The minimum Gasteiger partial charge on any atom is -0.396 e. The SMILES string of the molecule is CC(CCCO)NC(C(C)C)C1CC1. The van der Waals surface area contributed by atoms with Crippen molar-refractivity contribution in [2.24, 2.45) is 11.8 Å². The lowest BCUT2D eigenvalue weighted by atomic mass is 9.98. The highest BCUT2D eigenvalue weighted by Gasteiger charge is 2.33. The quantitative estimate of drug-likeness (QED) is 0.658. The highest BCUT2D eigenvalue weighted by molar-refractivity contribution is 4.89. The maximum absolute atomic E-state index is 8.75. The Morgan fingerprint density at radius 1 is 1.29 bits per heavy atom. The van der Waals surface area contributed by atoms with Crippen molar-refractivity contribution in [1.82, 2.24) is 5.32 Å². The Morgan fingerprint density at radius 3 is 2.36 bits per heavy atom. The van der Waals surface area contributed by atoms with Crippen molar-refractivity contribution in [3.8, 4) is 0 Å². The van der Waals surface area contributed by atoms with Crippen LogP contribution >= 0.6 is 0 Å². The highest BCUT2D eigenvalue weighted by atomic mass is 16.2.